The SMILES string of the molecule is NC1CCc2nnc(CC3CCS(=O)(=O)CC3)n2C1. The van der Waals surface area contributed by atoms with Gasteiger partial charge in [-0.05, 0) is 25.2 Å². The van der Waals surface area contributed by atoms with Crippen LogP contribution in [0.3, 0.4) is 0 Å². The maximum absolute atomic E-state index is 11.4. The van der Waals surface area contributed by atoms with Gasteiger partial charge in [0.05, 0.1) is 11.5 Å². The number of hydrogen-bond acceptors (Lipinski definition) is 5. The lowest BCUT2D eigenvalue weighted by molar-refractivity contribution is 0.412. The molecule has 0 radical (unpaired) electrons. The van der Waals surface area contributed by atoms with E-state index in [9.17, 15) is 8.42 Å². The van der Waals surface area contributed by atoms with Crippen LogP contribution in [0.1, 0.15) is 30.9 Å². The summed E-state index contributed by atoms with van der Waals surface area (Å²) in [7, 11) is -2.78. The molecule has 1 saturated heterocycles. The van der Waals surface area contributed by atoms with Gasteiger partial charge in [0.2, 0.25) is 0 Å². The van der Waals surface area contributed by atoms with Crippen molar-refractivity contribution in [3.63, 3.8) is 0 Å². The minimum atomic E-state index is -2.78. The van der Waals surface area contributed by atoms with Gasteiger partial charge in [-0.25, -0.2) is 8.42 Å². The van der Waals surface area contributed by atoms with E-state index in [1.54, 1.807) is 0 Å². The normalized spacial score (nSPS) is 27.1. The average Bonchev–Trinajstić information content (AvgIpc) is 2.75. The number of rotatable bonds is 2. The van der Waals surface area contributed by atoms with Crippen LogP contribution in [0.25, 0.3) is 0 Å². The van der Waals surface area contributed by atoms with E-state index in [-0.39, 0.29) is 6.04 Å². The minimum Gasteiger partial charge on any atom is -0.326 e. The Morgan fingerprint density at radius 1 is 1.21 bits per heavy atom. The molecule has 0 aliphatic carbocycles. The third-order valence-electron chi connectivity index (χ3n) is 4.21. The highest BCUT2D eigenvalue weighted by Crippen LogP contribution is 2.24. The molecule has 106 valence electrons. The lowest BCUT2D eigenvalue weighted by atomic mass is 9.98. The number of sulfone groups is 1. The molecule has 0 amide bonds. The van der Waals surface area contributed by atoms with Crippen LogP contribution in [0.5, 0.6) is 0 Å². The fraction of sp³-hybridized carbons (Fsp3) is 0.833. The van der Waals surface area contributed by atoms with Gasteiger partial charge < -0.3 is 10.3 Å². The van der Waals surface area contributed by atoms with Gasteiger partial charge >= 0.3 is 0 Å². The molecule has 0 saturated carbocycles. The number of nitrogens with two attached hydrogens (primary N) is 1. The van der Waals surface area contributed by atoms with Crippen LogP contribution in [0, 0.1) is 5.92 Å². The summed E-state index contributed by atoms with van der Waals surface area (Å²) in [6.45, 7) is 0.794. The summed E-state index contributed by atoms with van der Waals surface area (Å²) in [6.07, 6.45) is 4.19. The molecule has 1 unspecified atom stereocenters. The van der Waals surface area contributed by atoms with E-state index in [2.05, 4.69) is 14.8 Å². The van der Waals surface area contributed by atoms with Gasteiger partial charge in [0.25, 0.3) is 0 Å². The zero-order chi connectivity index (χ0) is 13.5. The number of hydrogen-bond donors (Lipinski definition) is 1. The summed E-state index contributed by atoms with van der Waals surface area (Å²) in [6, 6.07) is 0.189. The molecule has 1 atom stereocenters. The van der Waals surface area contributed by atoms with Crippen molar-refractivity contribution in [1.82, 2.24) is 14.8 Å². The highest BCUT2D eigenvalue weighted by Gasteiger charge is 2.27. The van der Waals surface area contributed by atoms with Crippen LogP contribution in [0.15, 0.2) is 0 Å². The van der Waals surface area contributed by atoms with Crippen molar-refractivity contribution in [1.29, 1.82) is 0 Å². The largest absolute Gasteiger partial charge is 0.326 e. The van der Waals surface area contributed by atoms with E-state index in [1.165, 1.54) is 0 Å². The topological polar surface area (TPSA) is 90.9 Å². The zero-order valence-electron chi connectivity index (χ0n) is 11.0. The van der Waals surface area contributed by atoms with Crippen LogP contribution in [0.4, 0.5) is 0 Å². The summed E-state index contributed by atoms with van der Waals surface area (Å²) in [4.78, 5) is 0. The van der Waals surface area contributed by atoms with Gasteiger partial charge in [0.1, 0.15) is 21.5 Å². The summed E-state index contributed by atoms with van der Waals surface area (Å²) >= 11 is 0. The molecular weight excluding hydrogens is 264 g/mol. The lowest BCUT2D eigenvalue weighted by Gasteiger charge is -2.24. The van der Waals surface area contributed by atoms with Gasteiger partial charge in [-0.1, -0.05) is 0 Å². The fourth-order valence-electron chi connectivity index (χ4n) is 2.96. The second-order valence-corrected chi connectivity index (χ2v) is 8.04. The van der Waals surface area contributed by atoms with Gasteiger partial charge in [0, 0.05) is 25.4 Å². The molecule has 2 N–H and O–H groups in total. The van der Waals surface area contributed by atoms with Crippen molar-refractivity contribution in [2.24, 2.45) is 11.7 Å². The highest BCUT2D eigenvalue weighted by atomic mass is 32.2. The van der Waals surface area contributed by atoms with Crippen LogP contribution in [0.2, 0.25) is 0 Å². The molecule has 6 nitrogen and oxygen atoms in total. The summed E-state index contributed by atoms with van der Waals surface area (Å²) in [5, 5.41) is 8.50. The second-order valence-electron chi connectivity index (χ2n) is 5.74. The maximum atomic E-state index is 11.4. The maximum Gasteiger partial charge on any atom is 0.150 e. The van der Waals surface area contributed by atoms with Gasteiger partial charge in [0.15, 0.2) is 0 Å². The Kier molecular flexibility index (Phi) is 3.34. The molecule has 1 aromatic heterocycles. The molecule has 19 heavy (non-hydrogen) atoms. The van der Waals surface area contributed by atoms with Gasteiger partial charge in [-0.15, -0.1) is 10.2 Å². The Hall–Kier alpha value is -0.950. The Bertz CT molecular complexity index is 552. The van der Waals surface area contributed by atoms with E-state index in [4.69, 9.17) is 5.73 Å². The van der Waals surface area contributed by atoms with E-state index in [0.29, 0.717) is 17.4 Å². The molecule has 0 aromatic carbocycles. The van der Waals surface area contributed by atoms with Gasteiger partial charge in [-0.3, -0.25) is 0 Å². The third-order valence-corrected chi connectivity index (χ3v) is 5.92. The lowest BCUT2D eigenvalue weighted by Crippen LogP contribution is -2.33. The smallest absolute Gasteiger partial charge is 0.150 e. The zero-order valence-corrected chi connectivity index (χ0v) is 11.8. The third kappa shape index (κ3) is 2.81. The number of nitrogens with zero attached hydrogens (tertiary/aromatic N) is 3. The number of fused-ring (bicyclic) bond motifs is 1. The van der Waals surface area contributed by atoms with Crippen LogP contribution < -0.4 is 5.73 Å². The summed E-state index contributed by atoms with van der Waals surface area (Å²) < 4.78 is 25.0. The molecule has 0 spiro atoms. The summed E-state index contributed by atoms with van der Waals surface area (Å²) in [5.41, 5.74) is 5.99. The Morgan fingerprint density at radius 2 is 1.95 bits per heavy atom. The molecular formula is C12H20N4O2S. The Morgan fingerprint density at radius 3 is 2.68 bits per heavy atom. The minimum absolute atomic E-state index is 0.189. The average molecular weight is 284 g/mol. The van der Waals surface area contributed by atoms with Crippen LogP contribution in [-0.2, 0) is 29.2 Å². The van der Waals surface area contributed by atoms with E-state index >= 15 is 0 Å². The van der Waals surface area contributed by atoms with Crippen molar-refractivity contribution in [2.45, 2.75) is 44.7 Å². The predicted octanol–water partition coefficient (Wildman–Crippen LogP) is -0.0811. The molecule has 1 fully saturated rings. The standard InChI is InChI=1S/C12H20N4O2S/c13-10-1-2-11-14-15-12(16(11)8-10)7-9-3-5-19(17,18)6-4-9/h9-10H,1-8,13H2. The monoisotopic (exact) mass is 284 g/mol. The first-order valence-corrected chi connectivity index (χ1v) is 8.72. The van der Waals surface area contributed by atoms with Crippen molar-refractivity contribution in [3.05, 3.63) is 11.6 Å². The Balaban J connectivity index is 1.69. The van der Waals surface area contributed by atoms with E-state index < -0.39 is 9.84 Å². The molecule has 2 aliphatic heterocycles. The van der Waals surface area contributed by atoms with Crippen LogP contribution >= 0.6 is 0 Å². The van der Waals surface area contributed by atoms with Gasteiger partial charge in [-0.2, -0.15) is 0 Å². The molecule has 3 rings (SSSR count). The number of aromatic nitrogens is 3. The van der Waals surface area contributed by atoms with Crippen molar-refractivity contribution >= 4 is 9.84 Å². The molecule has 7 heteroatoms. The summed E-state index contributed by atoms with van der Waals surface area (Å²) in [5.74, 6) is 3.06. The van der Waals surface area contributed by atoms with Crippen molar-refractivity contribution < 1.29 is 8.42 Å². The van der Waals surface area contributed by atoms with E-state index in [0.717, 1.165) is 50.3 Å². The predicted molar refractivity (Wildman–Crippen MR) is 71.4 cm³/mol. The van der Waals surface area contributed by atoms with Crippen molar-refractivity contribution in [3.8, 4) is 0 Å². The van der Waals surface area contributed by atoms with Crippen molar-refractivity contribution in [2.75, 3.05) is 11.5 Å². The van der Waals surface area contributed by atoms with Crippen LogP contribution in [-0.4, -0.2) is 40.7 Å². The molecule has 1 aromatic rings. The fourth-order valence-corrected chi connectivity index (χ4v) is 4.55. The molecule has 3 heterocycles. The highest BCUT2D eigenvalue weighted by molar-refractivity contribution is 7.91. The molecule has 0 bridgehead atoms. The quantitative estimate of drug-likeness (QED) is 0.820. The first-order valence-electron chi connectivity index (χ1n) is 6.90. The number of aryl methyl sites for hydroxylation is 1. The van der Waals surface area contributed by atoms with E-state index in [1.807, 2.05) is 0 Å². The second kappa shape index (κ2) is 4.86. The first-order chi connectivity index (χ1) is 9.03. The first kappa shape index (κ1) is 13.1. The Labute approximate surface area is 113 Å². The molecule has 2 aliphatic rings.